The first-order valence-electron chi connectivity index (χ1n) is 12.4. The molecule has 178 valence electrons. The van der Waals surface area contributed by atoms with Crippen molar-refractivity contribution >= 4 is 46.0 Å². The number of nitrogens with one attached hydrogen (secondary N) is 3. The van der Waals surface area contributed by atoms with Gasteiger partial charge >= 0.3 is 0 Å². The van der Waals surface area contributed by atoms with Crippen LogP contribution in [0.3, 0.4) is 0 Å². The minimum Gasteiger partial charge on any atom is -0.362 e. The fraction of sp³-hybridized carbons (Fsp3) is 0.481. The van der Waals surface area contributed by atoms with E-state index in [0.717, 1.165) is 48.8 Å². The molecule has 1 fully saturated rings. The molecule has 0 radical (unpaired) electrons. The third-order valence-electron chi connectivity index (χ3n) is 6.37. The highest BCUT2D eigenvalue weighted by atomic mass is 32.1. The number of rotatable bonds is 9. The van der Waals surface area contributed by atoms with Crippen molar-refractivity contribution in [2.75, 3.05) is 23.7 Å². The van der Waals surface area contributed by atoms with Crippen molar-refractivity contribution in [2.24, 2.45) is 0 Å². The first kappa shape index (κ1) is 25.4. The van der Waals surface area contributed by atoms with E-state index in [0.29, 0.717) is 11.2 Å². The predicted molar refractivity (Wildman–Crippen MR) is 150 cm³/mol. The zero-order valence-electron chi connectivity index (χ0n) is 20.0. The van der Waals surface area contributed by atoms with Crippen LogP contribution >= 0.6 is 24.4 Å². The fourth-order valence-corrected chi connectivity index (χ4v) is 4.89. The summed E-state index contributed by atoms with van der Waals surface area (Å²) in [5.41, 5.74) is 4.75. The molecule has 0 unspecified atom stereocenters. The Bertz CT molecular complexity index is 874. The van der Waals surface area contributed by atoms with Gasteiger partial charge in [0.15, 0.2) is 10.2 Å². The molecule has 0 amide bonds. The molecule has 1 saturated carbocycles. The number of hydrogen-bond acceptors (Lipinski definition) is 2. The largest absolute Gasteiger partial charge is 0.362 e. The molecule has 0 saturated heterocycles. The molecule has 3 N–H and O–H groups in total. The molecule has 1 aliphatic carbocycles. The Morgan fingerprint density at radius 3 is 1.91 bits per heavy atom. The van der Waals surface area contributed by atoms with Gasteiger partial charge in [0.05, 0.1) is 0 Å². The van der Waals surface area contributed by atoms with Crippen LogP contribution in [0.4, 0.5) is 11.4 Å². The zero-order valence-corrected chi connectivity index (χ0v) is 21.7. The lowest BCUT2D eigenvalue weighted by atomic mass is 9.94. The summed E-state index contributed by atoms with van der Waals surface area (Å²) in [6.07, 6.45) is 9.42. The van der Waals surface area contributed by atoms with E-state index in [1.165, 1.54) is 43.2 Å². The van der Waals surface area contributed by atoms with E-state index in [2.05, 4.69) is 83.2 Å². The summed E-state index contributed by atoms with van der Waals surface area (Å²) in [5.74, 6) is 0. The van der Waals surface area contributed by atoms with Crippen molar-refractivity contribution in [2.45, 2.75) is 71.3 Å². The van der Waals surface area contributed by atoms with E-state index in [4.69, 9.17) is 24.4 Å². The number of benzene rings is 2. The maximum atomic E-state index is 5.86. The molecular weight excluding hydrogens is 444 g/mol. The van der Waals surface area contributed by atoms with Crippen LogP contribution in [0.5, 0.6) is 0 Å². The van der Waals surface area contributed by atoms with E-state index in [9.17, 15) is 0 Å². The van der Waals surface area contributed by atoms with Crippen molar-refractivity contribution < 1.29 is 0 Å². The van der Waals surface area contributed by atoms with Gasteiger partial charge in [-0.05, 0) is 91.9 Å². The van der Waals surface area contributed by atoms with Crippen molar-refractivity contribution in [3.63, 3.8) is 0 Å². The lowest BCUT2D eigenvalue weighted by Gasteiger charge is -2.36. The lowest BCUT2D eigenvalue weighted by Crippen LogP contribution is -2.45. The fourth-order valence-electron chi connectivity index (χ4n) is 4.31. The summed E-state index contributed by atoms with van der Waals surface area (Å²) in [6.45, 7) is 6.07. The van der Waals surface area contributed by atoms with Crippen LogP contribution < -0.4 is 16.0 Å². The summed E-state index contributed by atoms with van der Waals surface area (Å²) >= 11 is 11.4. The van der Waals surface area contributed by atoms with Crippen LogP contribution in [-0.2, 0) is 12.8 Å². The Morgan fingerprint density at radius 1 is 0.818 bits per heavy atom. The molecule has 0 aliphatic heterocycles. The third kappa shape index (κ3) is 8.27. The first-order valence-corrected chi connectivity index (χ1v) is 13.2. The SMILES string of the molecule is CCc1ccc(NC(=S)NCCCN(C(=S)Nc2ccc(CC)cc2)C2CCCCC2)cc1. The molecule has 3 rings (SSSR count). The molecule has 6 heteroatoms. The van der Waals surface area contributed by atoms with Crippen LogP contribution in [-0.4, -0.2) is 34.3 Å². The van der Waals surface area contributed by atoms with E-state index >= 15 is 0 Å². The van der Waals surface area contributed by atoms with Crippen LogP contribution in [0.1, 0.15) is 63.5 Å². The summed E-state index contributed by atoms with van der Waals surface area (Å²) in [7, 11) is 0. The van der Waals surface area contributed by atoms with E-state index in [1.54, 1.807) is 0 Å². The normalized spacial score (nSPS) is 13.9. The highest BCUT2D eigenvalue weighted by Gasteiger charge is 2.23. The van der Waals surface area contributed by atoms with Gasteiger partial charge < -0.3 is 20.9 Å². The van der Waals surface area contributed by atoms with E-state index < -0.39 is 0 Å². The second-order valence-corrected chi connectivity index (χ2v) is 9.55. The predicted octanol–water partition coefficient (Wildman–Crippen LogP) is 6.52. The number of thiocarbonyl (C=S) groups is 2. The van der Waals surface area contributed by atoms with Gasteiger partial charge in [-0.3, -0.25) is 0 Å². The Morgan fingerprint density at radius 2 is 1.36 bits per heavy atom. The minimum atomic E-state index is 0.524. The number of aryl methyl sites for hydroxylation is 2. The van der Waals surface area contributed by atoms with Gasteiger partial charge in [-0.1, -0.05) is 57.4 Å². The average Bonchev–Trinajstić information content (AvgIpc) is 2.85. The lowest BCUT2D eigenvalue weighted by molar-refractivity contribution is 0.244. The Balaban J connectivity index is 1.49. The second kappa shape index (κ2) is 13.5. The summed E-state index contributed by atoms with van der Waals surface area (Å²) in [4.78, 5) is 2.41. The quantitative estimate of drug-likeness (QED) is 0.279. The van der Waals surface area contributed by atoms with Crippen molar-refractivity contribution in [1.82, 2.24) is 10.2 Å². The van der Waals surface area contributed by atoms with Gasteiger partial charge in [-0.25, -0.2) is 0 Å². The highest BCUT2D eigenvalue weighted by molar-refractivity contribution is 7.80. The van der Waals surface area contributed by atoms with E-state index in [-0.39, 0.29) is 0 Å². The van der Waals surface area contributed by atoms with Gasteiger partial charge in [0.25, 0.3) is 0 Å². The first-order chi connectivity index (χ1) is 16.1. The molecule has 0 aromatic heterocycles. The van der Waals surface area contributed by atoms with Crippen molar-refractivity contribution in [3.05, 3.63) is 59.7 Å². The van der Waals surface area contributed by atoms with Crippen LogP contribution in [0, 0.1) is 0 Å². The molecule has 0 bridgehead atoms. The summed E-state index contributed by atoms with van der Waals surface area (Å²) in [6, 6.07) is 17.5. The van der Waals surface area contributed by atoms with Crippen molar-refractivity contribution in [1.29, 1.82) is 0 Å². The second-order valence-electron chi connectivity index (χ2n) is 8.75. The molecule has 4 nitrogen and oxygen atoms in total. The highest BCUT2D eigenvalue weighted by Crippen LogP contribution is 2.24. The molecular formula is C27H38N4S2. The summed E-state index contributed by atoms with van der Waals surface area (Å²) < 4.78 is 0. The maximum absolute atomic E-state index is 5.86. The molecule has 0 spiro atoms. The average molecular weight is 483 g/mol. The minimum absolute atomic E-state index is 0.524. The monoisotopic (exact) mass is 482 g/mol. The van der Waals surface area contributed by atoms with Gasteiger partial charge in [-0.2, -0.15) is 0 Å². The standard InChI is InChI=1S/C27H38N4S2/c1-3-21-11-15-23(16-12-21)29-26(32)28-19-8-20-31(25-9-6-5-7-10-25)27(33)30-24-17-13-22(4-2)14-18-24/h11-18,25H,3-10,19-20H2,1-2H3,(H,30,33)(H2,28,29,32). The Hall–Kier alpha value is -2.18. The molecule has 2 aromatic carbocycles. The molecule has 0 heterocycles. The third-order valence-corrected chi connectivity index (χ3v) is 6.95. The van der Waals surface area contributed by atoms with Crippen LogP contribution in [0.25, 0.3) is 0 Å². The topological polar surface area (TPSA) is 39.3 Å². The van der Waals surface area contributed by atoms with Gasteiger partial charge in [-0.15, -0.1) is 0 Å². The van der Waals surface area contributed by atoms with Crippen LogP contribution in [0.2, 0.25) is 0 Å². The Labute approximate surface area is 210 Å². The van der Waals surface area contributed by atoms with Crippen LogP contribution in [0.15, 0.2) is 48.5 Å². The smallest absolute Gasteiger partial charge is 0.173 e. The maximum Gasteiger partial charge on any atom is 0.173 e. The summed E-state index contributed by atoms with van der Waals surface area (Å²) in [5, 5.41) is 11.6. The van der Waals surface area contributed by atoms with Crippen molar-refractivity contribution in [3.8, 4) is 0 Å². The molecule has 33 heavy (non-hydrogen) atoms. The number of hydrogen-bond donors (Lipinski definition) is 3. The van der Waals surface area contributed by atoms with Gasteiger partial charge in [0, 0.05) is 30.5 Å². The molecule has 2 aromatic rings. The number of nitrogens with zero attached hydrogens (tertiary/aromatic N) is 1. The van der Waals surface area contributed by atoms with Gasteiger partial charge in [0.2, 0.25) is 0 Å². The van der Waals surface area contributed by atoms with Gasteiger partial charge in [0.1, 0.15) is 0 Å². The Kier molecular flexibility index (Phi) is 10.4. The van der Waals surface area contributed by atoms with E-state index in [1.807, 2.05) is 0 Å². The number of anilines is 2. The molecule has 1 aliphatic rings. The zero-order chi connectivity index (χ0) is 23.5. The molecule has 0 atom stereocenters.